The van der Waals surface area contributed by atoms with Gasteiger partial charge in [-0.05, 0) is 54.6 Å². The standard InChI is InChI=1S/C29H21N3O7/c33-17-31(25-12-6-4-10-23(25)28(36)37)21-14-20(30-27(35)19-8-2-1-3-9-19)15-22(16-21)32(18-34)26-13-7-5-11-24(26)29(38)39/h1-18H,(H,30,35)(H,36,37)(H,38,39). The Bertz CT molecular complexity index is 1480. The van der Waals surface area contributed by atoms with Gasteiger partial charge in [-0.15, -0.1) is 0 Å². The van der Waals surface area contributed by atoms with Gasteiger partial charge in [0, 0.05) is 11.3 Å². The van der Waals surface area contributed by atoms with Crippen LogP contribution in [0.1, 0.15) is 31.1 Å². The minimum absolute atomic E-state index is 0.0427. The van der Waals surface area contributed by atoms with Gasteiger partial charge in [0.2, 0.25) is 12.8 Å². The van der Waals surface area contributed by atoms with Crippen molar-refractivity contribution in [3.63, 3.8) is 0 Å². The van der Waals surface area contributed by atoms with E-state index in [2.05, 4.69) is 5.32 Å². The van der Waals surface area contributed by atoms with E-state index < -0.39 is 17.8 Å². The fraction of sp³-hybridized carbons (Fsp3) is 0. The molecule has 0 aliphatic rings. The fourth-order valence-corrected chi connectivity index (χ4v) is 3.98. The van der Waals surface area contributed by atoms with E-state index in [-0.39, 0.29) is 39.6 Å². The van der Waals surface area contributed by atoms with E-state index in [1.54, 1.807) is 42.5 Å². The molecule has 0 spiro atoms. The highest BCUT2D eigenvalue weighted by Gasteiger charge is 2.22. The molecule has 0 saturated heterocycles. The van der Waals surface area contributed by atoms with Crippen LogP contribution in [-0.4, -0.2) is 40.9 Å². The van der Waals surface area contributed by atoms with Gasteiger partial charge < -0.3 is 15.5 Å². The molecule has 0 heterocycles. The molecule has 3 amide bonds. The molecule has 4 aromatic carbocycles. The molecule has 39 heavy (non-hydrogen) atoms. The van der Waals surface area contributed by atoms with Gasteiger partial charge in [0.05, 0.1) is 33.9 Å². The van der Waals surface area contributed by atoms with Gasteiger partial charge in [-0.1, -0.05) is 42.5 Å². The van der Waals surface area contributed by atoms with Crippen LogP contribution in [-0.2, 0) is 9.59 Å². The second-order valence-corrected chi connectivity index (χ2v) is 8.15. The number of rotatable bonds is 10. The van der Waals surface area contributed by atoms with E-state index in [0.29, 0.717) is 18.4 Å². The predicted octanol–water partition coefficient (Wildman–Crippen LogP) is 4.92. The summed E-state index contributed by atoms with van der Waals surface area (Å²) in [5, 5.41) is 22.0. The molecular weight excluding hydrogens is 502 g/mol. The minimum atomic E-state index is -1.27. The lowest BCUT2D eigenvalue weighted by molar-refractivity contribution is -0.107. The molecule has 194 valence electrons. The van der Waals surface area contributed by atoms with Gasteiger partial charge in [0.1, 0.15) is 0 Å². The van der Waals surface area contributed by atoms with Crippen molar-refractivity contribution in [1.29, 1.82) is 0 Å². The SMILES string of the molecule is O=CN(c1cc(NC(=O)c2ccccc2)cc(N(C=O)c2ccccc2C(=O)O)c1)c1ccccc1C(=O)O. The zero-order chi connectivity index (χ0) is 27.9. The Morgan fingerprint density at radius 1 is 0.615 bits per heavy atom. The zero-order valence-corrected chi connectivity index (χ0v) is 20.2. The molecule has 0 saturated carbocycles. The highest BCUT2D eigenvalue weighted by molar-refractivity contribution is 6.07. The molecule has 0 aliphatic carbocycles. The number of hydrogen-bond acceptors (Lipinski definition) is 5. The fourth-order valence-electron chi connectivity index (χ4n) is 3.98. The van der Waals surface area contributed by atoms with E-state index in [0.717, 1.165) is 9.80 Å². The highest BCUT2D eigenvalue weighted by Crippen LogP contribution is 2.36. The van der Waals surface area contributed by atoms with Crippen LogP contribution in [0, 0.1) is 0 Å². The molecule has 4 aromatic rings. The summed E-state index contributed by atoms with van der Waals surface area (Å²) in [7, 11) is 0. The summed E-state index contributed by atoms with van der Waals surface area (Å²) in [6.45, 7) is 0. The number of hydrogen-bond donors (Lipinski definition) is 3. The van der Waals surface area contributed by atoms with Gasteiger partial charge in [0.25, 0.3) is 5.91 Å². The first-order chi connectivity index (χ1) is 18.8. The Kier molecular flexibility index (Phi) is 7.77. The second-order valence-electron chi connectivity index (χ2n) is 8.15. The van der Waals surface area contributed by atoms with Crippen LogP contribution >= 0.6 is 0 Å². The number of para-hydroxylation sites is 2. The molecule has 0 atom stereocenters. The molecular formula is C29H21N3O7. The summed E-state index contributed by atoms with van der Waals surface area (Å²) in [4.78, 5) is 63.3. The van der Waals surface area contributed by atoms with Crippen molar-refractivity contribution in [2.24, 2.45) is 0 Å². The van der Waals surface area contributed by atoms with Crippen LogP contribution in [0.5, 0.6) is 0 Å². The van der Waals surface area contributed by atoms with Crippen molar-refractivity contribution in [3.8, 4) is 0 Å². The van der Waals surface area contributed by atoms with Crippen molar-refractivity contribution in [1.82, 2.24) is 0 Å². The second kappa shape index (κ2) is 11.5. The summed E-state index contributed by atoms with van der Waals surface area (Å²) in [5.41, 5.74) is 0.495. The maximum absolute atomic E-state index is 12.9. The summed E-state index contributed by atoms with van der Waals surface area (Å²) in [5.74, 6) is -3.02. The topological polar surface area (TPSA) is 144 Å². The smallest absolute Gasteiger partial charge is 0.337 e. The van der Waals surface area contributed by atoms with Crippen LogP contribution in [0.2, 0.25) is 0 Å². The lowest BCUT2D eigenvalue weighted by Crippen LogP contribution is -2.21. The Hall–Kier alpha value is -5.77. The number of anilines is 5. The van der Waals surface area contributed by atoms with Crippen molar-refractivity contribution in [3.05, 3.63) is 114 Å². The third-order valence-corrected chi connectivity index (χ3v) is 5.75. The maximum Gasteiger partial charge on any atom is 0.337 e. The molecule has 3 N–H and O–H groups in total. The molecule has 0 radical (unpaired) electrons. The maximum atomic E-state index is 12.9. The van der Waals surface area contributed by atoms with E-state index in [1.807, 2.05) is 0 Å². The lowest BCUT2D eigenvalue weighted by Gasteiger charge is -2.25. The summed E-state index contributed by atoms with van der Waals surface area (Å²) < 4.78 is 0. The number of nitrogens with one attached hydrogen (secondary N) is 1. The molecule has 10 nitrogen and oxygen atoms in total. The average Bonchev–Trinajstić information content (AvgIpc) is 2.94. The van der Waals surface area contributed by atoms with Gasteiger partial charge in [0.15, 0.2) is 0 Å². The normalized spacial score (nSPS) is 10.3. The average molecular weight is 524 g/mol. The summed E-state index contributed by atoms with van der Waals surface area (Å²) in [6.07, 6.45) is 0.806. The first kappa shape index (κ1) is 26.3. The number of carboxylic acid groups (broad SMARTS) is 2. The van der Waals surface area contributed by atoms with Crippen LogP contribution < -0.4 is 15.1 Å². The highest BCUT2D eigenvalue weighted by atomic mass is 16.4. The van der Waals surface area contributed by atoms with Crippen molar-refractivity contribution < 1.29 is 34.2 Å². The molecule has 0 unspecified atom stereocenters. The van der Waals surface area contributed by atoms with E-state index in [9.17, 15) is 34.2 Å². The quantitative estimate of drug-likeness (QED) is 0.250. The Balaban J connectivity index is 1.89. The van der Waals surface area contributed by atoms with Gasteiger partial charge in [-0.3, -0.25) is 24.2 Å². The van der Waals surface area contributed by atoms with E-state index in [1.165, 1.54) is 54.6 Å². The molecule has 4 rings (SSSR count). The number of carboxylic acids is 2. The Labute approximate surface area is 222 Å². The van der Waals surface area contributed by atoms with Gasteiger partial charge >= 0.3 is 11.9 Å². The van der Waals surface area contributed by atoms with Crippen molar-refractivity contribution in [2.45, 2.75) is 0 Å². The molecule has 0 aliphatic heterocycles. The largest absolute Gasteiger partial charge is 0.478 e. The van der Waals surface area contributed by atoms with E-state index in [4.69, 9.17) is 0 Å². The first-order valence-corrected chi connectivity index (χ1v) is 11.5. The third kappa shape index (κ3) is 5.65. The predicted molar refractivity (Wildman–Crippen MR) is 144 cm³/mol. The van der Waals surface area contributed by atoms with E-state index >= 15 is 0 Å². The third-order valence-electron chi connectivity index (χ3n) is 5.75. The number of benzene rings is 4. The summed E-state index contributed by atoms with van der Waals surface area (Å²) >= 11 is 0. The monoisotopic (exact) mass is 523 g/mol. The van der Waals surface area contributed by atoms with Crippen LogP contribution in [0.15, 0.2) is 97.1 Å². The molecule has 0 aromatic heterocycles. The van der Waals surface area contributed by atoms with Crippen LogP contribution in [0.25, 0.3) is 0 Å². The summed E-state index contributed by atoms with van der Waals surface area (Å²) in [6, 6.07) is 24.2. The molecule has 0 bridgehead atoms. The van der Waals surface area contributed by atoms with Crippen LogP contribution in [0.3, 0.4) is 0 Å². The van der Waals surface area contributed by atoms with Crippen molar-refractivity contribution >= 4 is 59.1 Å². The molecule has 10 heteroatoms. The minimum Gasteiger partial charge on any atom is -0.478 e. The molecule has 0 fully saturated rings. The van der Waals surface area contributed by atoms with Gasteiger partial charge in [-0.25, -0.2) is 9.59 Å². The number of nitrogens with zero attached hydrogens (tertiary/aromatic N) is 2. The zero-order valence-electron chi connectivity index (χ0n) is 20.2. The number of aromatic carboxylic acids is 2. The lowest BCUT2D eigenvalue weighted by atomic mass is 10.1. The number of carbonyl (C=O) groups excluding carboxylic acids is 3. The van der Waals surface area contributed by atoms with Crippen molar-refractivity contribution in [2.75, 3.05) is 15.1 Å². The Morgan fingerprint density at radius 2 is 1.05 bits per heavy atom. The number of carbonyl (C=O) groups is 5. The number of amides is 3. The first-order valence-electron chi connectivity index (χ1n) is 11.5. The van der Waals surface area contributed by atoms with Crippen LogP contribution in [0.4, 0.5) is 28.4 Å². The van der Waals surface area contributed by atoms with Gasteiger partial charge in [-0.2, -0.15) is 0 Å². The Morgan fingerprint density at radius 3 is 1.49 bits per heavy atom.